The number of phenolic OH excluding ortho intramolecular Hbond substituents is 1. The van der Waals surface area contributed by atoms with E-state index in [4.69, 9.17) is 16.5 Å². The molecular formula is C25H25N5O2. The van der Waals surface area contributed by atoms with Gasteiger partial charge in [-0.15, -0.1) is 0 Å². The van der Waals surface area contributed by atoms with Crippen molar-refractivity contribution < 1.29 is 9.90 Å². The summed E-state index contributed by atoms with van der Waals surface area (Å²) in [5.74, 6) is 0.679. The van der Waals surface area contributed by atoms with E-state index < -0.39 is 5.91 Å². The Kier molecular flexibility index (Phi) is 6.00. The highest BCUT2D eigenvalue weighted by Gasteiger charge is 2.14. The van der Waals surface area contributed by atoms with Crippen LogP contribution in [0.2, 0.25) is 0 Å². The lowest BCUT2D eigenvalue weighted by Crippen LogP contribution is -2.28. The van der Waals surface area contributed by atoms with Crippen LogP contribution in [-0.4, -0.2) is 33.6 Å². The summed E-state index contributed by atoms with van der Waals surface area (Å²) in [4.78, 5) is 20.7. The van der Waals surface area contributed by atoms with Crippen molar-refractivity contribution in [3.05, 3.63) is 72.3 Å². The van der Waals surface area contributed by atoms with Gasteiger partial charge in [0.25, 0.3) is 0 Å². The van der Waals surface area contributed by atoms with Gasteiger partial charge in [-0.3, -0.25) is 4.79 Å². The summed E-state index contributed by atoms with van der Waals surface area (Å²) in [6, 6.07) is 20.0. The van der Waals surface area contributed by atoms with Gasteiger partial charge in [0.05, 0.1) is 11.1 Å². The average Bonchev–Trinajstić information content (AvgIpc) is 2.82. The third-order valence-corrected chi connectivity index (χ3v) is 5.40. The number of aromatic hydroxyl groups is 1. The van der Waals surface area contributed by atoms with E-state index >= 15 is 0 Å². The lowest BCUT2D eigenvalue weighted by Gasteiger charge is -2.14. The van der Waals surface area contributed by atoms with Crippen molar-refractivity contribution in [1.82, 2.24) is 9.97 Å². The van der Waals surface area contributed by atoms with Gasteiger partial charge in [-0.05, 0) is 53.9 Å². The molecule has 6 N–H and O–H groups in total. The van der Waals surface area contributed by atoms with Crippen LogP contribution < -0.4 is 16.8 Å². The van der Waals surface area contributed by atoms with Crippen LogP contribution in [0.4, 0.5) is 5.82 Å². The zero-order valence-electron chi connectivity index (χ0n) is 17.7. The molecule has 0 unspecified atom stereocenters. The van der Waals surface area contributed by atoms with Gasteiger partial charge in [0.15, 0.2) is 5.82 Å². The Bertz CT molecular complexity index is 1270. The van der Waals surface area contributed by atoms with Crippen LogP contribution >= 0.6 is 0 Å². The molecule has 7 nitrogen and oxygen atoms in total. The molecule has 1 aromatic heterocycles. The predicted molar refractivity (Wildman–Crippen MR) is 127 cm³/mol. The summed E-state index contributed by atoms with van der Waals surface area (Å²) in [6.07, 6.45) is 0.847. The Morgan fingerprint density at radius 1 is 1.03 bits per heavy atom. The number of para-hydroxylation sites is 1. The van der Waals surface area contributed by atoms with Gasteiger partial charge < -0.3 is 21.9 Å². The molecule has 4 aromatic rings. The van der Waals surface area contributed by atoms with Crippen LogP contribution in [0.25, 0.3) is 33.4 Å². The number of nitrogens with two attached hydrogens (primary N) is 2. The second kappa shape index (κ2) is 9.03. The number of primary amides is 1. The molecule has 7 heteroatoms. The molecule has 0 fully saturated rings. The van der Waals surface area contributed by atoms with E-state index in [1.54, 1.807) is 24.3 Å². The van der Waals surface area contributed by atoms with E-state index in [0.29, 0.717) is 29.3 Å². The lowest BCUT2D eigenvalue weighted by molar-refractivity contribution is 0.100. The molecule has 162 valence electrons. The largest absolute Gasteiger partial charge is 0.507 e. The number of fused-ring (bicyclic) bond motifs is 1. The lowest BCUT2D eigenvalue weighted by atomic mass is 10.0. The van der Waals surface area contributed by atoms with E-state index in [-0.39, 0.29) is 11.8 Å². The summed E-state index contributed by atoms with van der Waals surface area (Å²) in [5, 5.41) is 14.8. The fourth-order valence-electron chi connectivity index (χ4n) is 3.43. The van der Waals surface area contributed by atoms with Crippen molar-refractivity contribution in [3.63, 3.8) is 0 Å². The van der Waals surface area contributed by atoms with E-state index in [1.807, 2.05) is 49.4 Å². The van der Waals surface area contributed by atoms with E-state index in [2.05, 4.69) is 10.3 Å². The molecule has 0 aliphatic carbocycles. The standard InChI is InChI=1S/C25H25N5O2/c1-2-18(26)14-28-24-19-5-3-4-6-21(19)29-25(30-24)20-13-17(11-12-22(20)31)15-7-9-16(10-8-15)23(27)32/h3-13,18,31H,2,14,26H2,1H3,(H2,27,32)(H,28,29,30)/t18-/m0/s1. The van der Waals surface area contributed by atoms with Crippen LogP contribution in [0.1, 0.15) is 23.7 Å². The molecule has 1 atom stereocenters. The summed E-state index contributed by atoms with van der Waals surface area (Å²) in [5.41, 5.74) is 14.9. The summed E-state index contributed by atoms with van der Waals surface area (Å²) in [7, 11) is 0. The number of amides is 1. The fraction of sp³-hybridized carbons (Fsp3) is 0.160. The van der Waals surface area contributed by atoms with Gasteiger partial charge in [0.2, 0.25) is 5.91 Å². The van der Waals surface area contributed by atoms with Gasteiger partial charge in [0.1, 0.15) is 11.6 Å². The molecule has 1 heterocycles. The van der Waals surface area contributed by atoms with Crippen LogP contribution in [-0.2, 0) is 0 Å². The molecule has 0 aliphatic rings. The van der Waals surface area contributed by atoms with Crippen LogP contribution in [0, 0.1) is 0 Å². The quantitative estimate of drug-likeness (QED) is 0.354. The maximum absolute atomic E-state index is 11.3. The molecule has 32 heavy (non-hydrogen) atoms. The Morgan fingerprint density at radius 3 is 2.47 bits per heavy atom. The van der Waals surface area contributed by atoms with Crippen LogP contribution in [0.15, 0.2) is 66.7 Å². The van der Waals surface area contributed by atoms with Gasteiger partial charge >= 0.3 is 0 Å². The molecule has 0 aliphatic heterocycles. The second-order valence-corrected chi connectivity index (χ2v) is 7.64. The zero-order chi connectivity index (χ0) is 22.7. The minimum atomic E-state index is -0.477. The van der Waals surface area contributed by atoms with E-state index in [0.717, 1.165) is 28.5 Å². The Morgan fingerprint density at radius 2 is 1.75 bits per heavy atom. The molecule has 4 rings (SSSR count). The minimum absolute atomic E-state index is 0.00674. The highest BCUT2D eigenvalue weighted by atomic mass is 16.3. The smallest absolute Gasteiger partial charge is 0.248 e. The van der Waals surface area contributed by atoms with Gasteiger partial charge in [-0.1, -0.05) is 37.3 Å². The van der Waals surface area contributed by atoms with Crippen molar-refractivity contribution in [2.24, 2.45) is 11.5 Å². The maximum atomic E-state index is 11.3. The zero-order valence-corrected chi connectivity index (χ0v) is 17.7. The number of carbonyl (C=O) groups excluding carboxylic acids is 1. The number of nitrogens with zero attached hydrogens (tertiary/aromatic N) is 2. The van der Waals surface area contributed by atoms with Crippen molar-refractivity contribution in [2.75, 3.05) is 11.9 Å². The fourth-order valence-corrected chi connectivity index (χ4v) is 3.43. The number of nitrogens with one attached hydrogen (secondary N) is 1. The highest BCUT2D eigenvalue weighted by Crippen LogP contribution is 2.34. The predicted octanol–water partition coefficient (Wildman–Crippen LogP) is 3.92. The average molecular weight is 428 g/mol. The third-order valence-electron chi connectivity index (χ3n) is 5.40. The number of anilines is 1. The molecule has 0 spiro atoms. The van der Waals surface area contributed by atoms with Gasteiger partial charge in [0, 0.05) is 23.5 Å². The van der Waals surface area contributed by atoms with Crippen LogP contribution in [0.5, 0.6) is 5.75 Å². The summed E-state index contributed by atoms with van der Waals surface area (Å²) >= 11 is 0. The number of phenols is 1. The number of rotatable bonds is 7. The number of benzene rings is 3. The maximum Gasteiger partial charge on any atom is 0.248 e. The molecular weight excluding hydrogens is 402 g/mol. The first-order valence-electron chi connectivity index (χ1n) is 10.5. The summed E-state index contributed by atoms with van der Waals surface area (Å²) in [6.45, 7) is 2.62. The topological polar surface area (TPSA) is 127 Å². The van der Waals surface area contributed by atoms with Crippen molar-refractivity contribution in [3.8, 4) is 28.3 Å². The molecule has 0 radical (unpaired) electrons. The Balaban J connectivity index is 1.78. The first kappa shape index (κ1) is 21.3. The highest BCUT2D eigenvalue weighted by molar-refractivity contribution is 5.93. The SMILES string of the molecule is CC[C@H](N)CNc1nc(-c2cc(-c3ccc(C(N)=O)cc3)ccc2O)nc2ccccc12. The Hall–Kier alpha value is -3.97. The number of carbonyl (C=O) groups is 1. The second-order valence-electron chi connectivity index (χ2n) is 7.64. The van der Waals surface area contributed by atoms with E-state index in [1.165, 1.54) is 0 Å². The first-order valence-corrected chi connectivity index (χ1v) is 10.5. The number of aromatic nitrogens is 2. The number of hydrogen-bond donors (Lipinski definition) is 4. The van der Waals surface area contributed by atoms with Crippen molar-refractivity contribution in [1.29, 1.82) is 0 Å². The van der Waals surface area contributed by atoms with Crippen LogP contribution in [0.3, 0.4) is 0 Å². The van der Waals surface area contributed by atoms with Gasteiger partial charge in [-0.25, -0.2) is 9.97 Å². The molecule has 0 saturated carbocycles. The van der Waals surface area contributed by atoms with E-state index in [9.17, 15) is 9.90 Å². The first-order chi connectivity index (χ1) is 15.5. The monoisotopic (exact) mass is 427 g/mol. The number of hydrogen-bond acceptors (Lipinski definition) is 6. The summed E-state index contributed by atoms with van der Waals surface area (Å²) < 4.78 is 0. The molecule has 1 amide bonds. The molecule has 0 bridgehead atoms. The van der Waals surface area contributed by atoms with Gasteiger partial charge in [-0.2, -0.15) is 0 Å². The minimum Gasteiger partial charge on any atom is -0.507 e. The third kappa shape index (κ3) is 4.38. The van der Waals surface area contributed by atoms with Crippen molar-refractivity contribution >= 4 is 22.6 Å². The normalized spacial score (nSPS) is 11.9. The molecule has 3 aromatic carbocycles. The molecule has 0 saturated heterocycles. The van der Waals surface area contributed by atoms with Crippen molar-refractivity contribution in [2.45, 2.75) is 19.4 Å². The Labute approximate surface area is 186 Å².